The molecule has 0 aliphatic heterocycles. The molecule has 0 amide bonds. The minimum atomic E-state index is -4.44. The van der Waals surface area contributed by atoms with Crippen molar-refractivity contribution >= 4 is 79.1 Å². The Hall–Kier alpha value is -1.48. The normalized spacial score (nSPS) is 11.6. The van der Waals surface area contributed by atoms with Crippen molar-refractivity contribution in [3.8, 4) is 0 Å². The van der Waals surface area contributed by atoms with Gasteiger partial charge in [0.25, 0.3) is 10.1 Å². The summed E-state index contributed by atoms with van der Waals surface area (Å²) >= 11 is 6.01. The summed E-state index contributed by atoms with van der Waals surface area (Å²) in [5.74, 6) is 0. The van der Waals surface area contributed by atoms with Gasteiger partial charge in [0.15, 0.2) is 0 Å². The van der Waals surface area contributed by atoms with Crippen LogP contribution in [0.25, 0.3) is 10.8 Å². The molecular formula is C16H13ClN3NaO3S. The molecule has 0 fully saturated rings. The Morgan fingerprint density at radius 1 is 0.920 bits per heavy atom. The van der Waals surface area contributed by atoms with Crippen LogP contribution in [-0.2, 0) is 10.1 Å². The zero-order chi connectivity index (χ0) is 17.3. The van der Waals surface area contributed by atoms with E-state index in [1.807, 2.05) is 0 Å². The Kier molecular flexibility index (Phi) is 6.21. The Morgan fingerprint density at radius 2 is 1.48 bits per heavy atom. The van der Waals surface area contributed by atoms with Gasteiger partial charge in [0, 0.05) is 10.8 Å². The maximum absolute atomic E-state index is 11.7. The Bertz CT molecular complexity index is 1070. The van der Waals surface area contributed by atoms with Crippen LogP contribution in [0, 0.1) is 0 Å². The molecule has 3 rings (SSSR count). The van der Waals surface area contributed by atoms with E-state index >= 15 is 0 Å². The Labute approximate surface area is 171 Å². The van der Waals surface area contributed by atoms with Crippen LogP contribution in [0.15, 0.2) is 69.7 Å². The topological polar surface area (TPSA) is 105 Å². The van der Waals surface area contributed by atoms with E-state index in [1.165, 1.54) is 6.07 Å². The van der Waals surface area contributed by atoms with E-state index in [2.05, 4.69) is 10.2 Å². The monoisotopic (exact) mass is 385 g/mol. The van der Waals surface area contributed by atoms with E-state index in [4.69, 9.17) is 17.3 Å². The van der Waals surface area contributed by atoms with Crippen LogP contribution in [0.3, 0.4) is 0 Å². The number of azo groups is 1. The van der Waals surface area contributed by atoms with Crippen LogP contribution in [-0.4, -0.2) is 42.5 Å². The summed E-state index contributed by atoms with van der Waals surface area (Å²) in [6.45, 7) is 0. The van der Waals surface area contributed by atoms with Gasteiger partial charge < -0.3 is 5.73 Å². The minimum absolute atomic E-state index is 0. The molecule has 6 nitrogen and oxygen atoms in total. The zero-order valence-electron chi connectivity index (χ0n) is 12.2. The number of fused-ring (bicyclic) bond motifs is 1. The van der Waals surface area contributed by atoms with Crippen LogP contribution in [0.5, 0.6) is 0 Å². The molecule has 0 atom stereocenters. The van der Waals surface area contributed by atoms with Crippen LogP contribution in [0.4, 0.5) is 17.1 Å². The quantitative estimate of drug-likeness (QED) is 0.306. The molecule has 0 bridgehead atoms. The first-order valence-corrected chi connectivity index (χ1v) is 8.64. The van der Waals surface area contributed by atoms with Crippen molar-refractivity contribution in [2.45, 2.75) is 4.90 Å². The van der Waals surface area contributed by atoms with Gasteiger partial charge in [-0.25, -0.2) is 0 Å². The Balaban J connectivity index is 0.00000225. The van der Waals surface area contributed by atoms with Crippen LogP contribution in [0.1, 0.15) is 0 Å². The zero-order valence-corrected chi connectivity index (χ0v) is 13.8. The van der Waals surface area contributed by atoms with Gasteiger partial charge in [0.05, 0.1) is 10.7 Å². The van der Waals surface area contributed by atoms with Gasteiger partial charge >= 0.3 is 29.6 Å². The Morgan fingerprint density at radius 3 is 2.12 bits per heavy atom. The van der Waals surface area contributed by atoms with Crippen molar-refractivity contribution in [1.29, 1.82) is 0 Å². The molecule has 0 spiro atoms. The molecule has 3 N–H and O–H groups in total. The van der Waals surface area contributed by atoms with E-state index in [-0.39, 0.29) is 45.8 Å². The van der Waals surface area contributed by atoms with E-state index in [0.717, 1.165) is 0 Å². The summed E-state index contributed by atoms with van der Waals surface area (Å²) in [7, 11) is -4.44. The summed E-state index contributed by atoms with van der Waals surface area (Å²) < 4.78 is 32.8. The van der Waals surface area contributed by atoms with Crippen molar-refractivity contribution in [1.82, 2.24) is 0 Å². The van der Waals surface area contributed by atoms with Crippen LogP contribution in [0.2, 0.25) is 5.02 Å². The fourth-order valence-corrected chi connectivity index (χ4v) is 3.18. The third-order valence-corrected chi connectivity index (χ3v) is 4.64. The number of nitrogens with zero attached hydrogens (tertiary/aromatic N) is 2. The standard InChI is InChI=1S/C16H12ClN3O3S.Na.H/c17-12-7-3-4-8-13(12)19-20-14-9-15(24(21,22)23)10-5-1-2-6-11(10)16(14)18;;/h1-9H,18H2,(H,21,22,23);;. The van der Waals surface area contributed by atoms with E-state index in [0.29, 0.717) is 21.5 Å². The number of halogens is 1. The maximum atomic E-state index is 11.7. The van der Waals surface area contributed by atoms with Crippen molar-refractivity contribution < 1.29 is 13.0 Å². The summed E-state index contributed by atoms with van der Waals surface area (Å²) in [4.78, 5) is -0.277. The summed E-state index contributed by atoms with van der Waals surface area (Å²) in [6.07, 6.45) is 0. The van der Waals surface area contributed by atoms with Gasteiger partial charge in [-0.05, 0) is 18.2 Å². The van der Waals surface area contributed by atoms with Crippen LogP contribution < -0.4 is 5.73 Å². The molecule has 9 heteroatoms. The van der Waals surface area contributed by atoms with Gasteiger partial charge in [0.2, 0.25) is 0 Å². The van der Waals surface area contributed by atoms with Crippen molar-refractivity contribution in [2.24, 2.45) is 10.2 Å². The number of nitrogen functional groups attached to an aromatic ring is 1. The molecule has 0 heterocycles. The first-order valence-electron chi connectivity index (χ1n) is 6.83. The van der Waals surface area contributed by atoms with Gasteiger partial charge in [-0.15, -0.1) is 10.2 Å². The van der Waals surface area contributed by atoms with Gasteiger partial charge in [-0.3, -0.25) is 4.55 Å². The molecule has 0 aliphatic carbocycles. The first-order chi connectivity index (χ1) is 11.4. The van der Waals surface area contributed by atoms with E-state index < -0.39 is 10.1 Å². The van der Waals surface area contributed by atoms with Gasteiger partial charge in [-0.2, -0.15) is 8.42 Å². The van der Waals surface area contributed by atoms with E-state index in [9.17, 15) is 13.0 Å². The van der Waals surface area contributed by atoms with Gasteiger partial charge in [0.1, 0.15) is 16.3 Å². The van der Waals surface area contributed by atoms with Crippen molar-refractivity contribution in [3.63, 3.8) is 0 Å². The predicted octanol–water partition coefficient (Wildman–Crippen LogP) is 4.09. The number of hydrogen-bond acceptors (Lipinski definition) is 5. The van der Waals surface area contributed by atoms with Crippen molar-refractivity contribution in [3.05, 3.63) is 59.6 Å². The molecule has 0 saturated carbocycles. The third kappa shape index (κ3) is 4.20. The molecule has 0 saturated heterocycles. The van der Waals surface area contributed by atoms with Crippen molar-refractivity contribution in [2.75, 3.05) is 5.73 Å². The molecule has 0 radical (unpaired) electrons. The number of benzene rings is 3. The average Bonchev–Trinajstić information content (AvgIpc) is 2.54. The SMILES string of the molecule is Nc1c(N=Nc2ccccc2Cl)cc(S(=O)(=O)O)c2ccccc12.[NaH]. The molecule has 124 valence electrons. The second-order valence-electron chi connectivity index (χ2n) is 4.98. The average molecular weight is 386 g/mol. The summed E-state index contributed by atoms with van der Waals surface area (Å²) in [5.41, 5.74) is 6.87. The first kappa shape index (κ1) is 19.8. The fourth-order valence-electron chi connectivity index (χ4n) is 2.29. The van der Waals surface area contributed by atoms with Gasteiger partial charge in [-0.1, -0.05) is 48.0 Å². The summed E-state index contributed by atoms with van der Waals surface area (Å²) in [5, 5.41) is 9.18. The predicted molar refractivity (Wildman–Crippen MR) is 101 cm³/mol. The molecule has 25 heavy (non-hydrogen) atoms. The molecule has 3 aromatic carbocycles. The summed E-state index contributed by atoms with van der Waals surface area (Å²) in [6, 6.07) is 14.6. The number of nitrogens with two attached hydrogens (primary N) is 1. The third-order valence-electron chi connectivity index (χ3n) is 3.42. The molecule has 3 aromatic rings. The second kappa shape index (κ2) is 7.82. The molecule has 0 unspecified atom stereocenters. The van der Waals surface area contributed by atoms with Crippen LogP contribution >= 0.6 is 11.6 Å². The number of rotatable bonds is 3. The van der Waals surface area contributed by atoms with E-state index in [1.54, 1.807) is 48.5 Å². The number of hydrogen-bond donors (Lipinski definition) is 2. The second-order valence-corrected chi connectivity index (χ2v) is 6.78. The number of anilines is 1. The molecule has 0 aromatic heterocycles. The fraction of sp³-hybridized carbons (Fsp3) is 0. The molecular weight excluding hydrogens is 373 g/mol. The molecule has 0 aliphatic rings.